The number of ether oxygens (including phenoxy) is 3. The number of allylic oxidation sites excluding steroid dienone is 1. The molecule has 0 unspecified atom stereocenters. The number of carbonyl (C=O) groups excluding carboxylic acids is 2. The van der Waals surface area contributed by atoms with Crippen molar-refractivity contribution < 1.29 is 23.8 Å². The first-order valence-corrected chi connectivity index (χ1v) is 6.28. The summed E-state index contributed by atoms with van der Waals surface area (Å²) < 4.78 is 14.7. The average molecular weight is 278 g/mol. The monoisotopic (exact) mass is 278 g/mol. The van der Waals surface area contributed by atoms with Crippen molar-refractivity contribution in [1.29, 1.82) is 0 Å². The first kappa shape index (κ1) is 15.8. The van der Waals surface area contributed by atoms with Gasteiger partial charge in [0.05, 0.1) is 13.7 Å². The Kier molecular flexibility index (Phi) is 6.89. The number of methoxy groups -OCH3 is 1. The molecule has 0 aromatic heterocycles. The van der Waals surface area contributed by atoms with Crippen LogP contribution in [0.3, 0.4) is 0 Å². The lowest BCUT2D eigenvalue weighted by Gasteiger charge is -2.09. The molecule has 0 aliphatic heterocycles. The van der Waals surface area contributed by atoms with E-state index >= 15 is 0 Å². The van der Waals surface area contributed by atoms with E-state index in [4.69, 9.17) is 9.47 Å². The fourth-order valence-electron chi connectivity index (χ4n) is 1.50. The van der Waals surface area contributed by atoms with Crippen molar-refractivity contribution in [3.05, 3.63) is 42.0 Å². The number of esters is 2. The van der Waals surface area contributed by atoms with Crippen LogP contribution in [0.25, 0.3) is 0 Å². The molecular formula is C15H18O5. The summed E-state index contributed by atoms with van der Waals surface area (Å²) in [5.41, 5.74) is 0.872. The summed E-state index contributed by atoms with van der Waals surface area (Å²) in [5, 5.41) is 0. The Morgan fingerprint density at radius 3 is 2.70 bits per heavy atom. The molecular weight excluding hydrogens is 260 g/mol. The Hall–Kier alpha value is -2.30. The van der Waals surface area contributed by atoms with E-state index in [0.29, 0.717) is 18.8 Å². The zero-order chi connectivity index (χ0) is 14.8. The topological polar surface area (TPSA) is 61.8 Å². The van der Waals surface area contributed by atoms with E-state index in [1.165, 1.54) is 13.2 Å². The highest BCUT2D eigenvalue weighted by molar-refractivity contribution is 5.81. The molecule has 0 spiro atoms. The Balaban J connectivity index is 2.61. The lowest BCUT2D eigenvalue weighted by molar-refractivity contribution is -0.145. The van der Waals surface area contributed by atoms with Gasteiger partial charge in [-0.1, -0.05) is 24.3 Å². The number of hydrogen-bond acceptors (Lipinski definition) is 5. The van der Waals surface area contributed by atoms with Crippen molar-refractivity contribution in [3.8, 4) is 5.75 Å². The largest absolute Gasteiger partial charge is 0.482 e. The quantitative estimate of drug-likeness (QED) is 0.563. The normalized spacial score (nSPS) is 10.3. The standard InChI is InChI=1S/C15H18O5/c1-3-19-15(17)11-20-13-9-5-4-7-12(13)8-6-10-14(16)18-2/h4-7,9-10H,3,8,11H2,1-2H3/b10-6+. The van der Waals surface area contributed by atoms with Gasteiger partial charge < -0.3 is 14.2 Å². The van der Waals surface area contributed by atoms with Crippen LogP contribution in [0.1, 0.15) is 12.5 Å². The van der Waals surface area contributed by atoms with Crippen molar-refractivity contribution in [2.24, 2.45) is 0 Å². The van der Waals surface area contributed by atoms with E-state index in [-0.39, 0.29) is 6.61 Å². The van der Waals surface area contributed by atoms with E-state index < -0.39 is 11.9 Å². The highest BCUT2D eigenvalue weighted by Crippen LogP contribution is 2.18. The molecule has 1 aromatic rings. The van der Waals surface area contributed by atoms with E-state index in [1.807, 2.05) is 18.2 Å². The smallest absolute Gasteiger partial charge is 0.344 e. The minimum atomic E-state index is -0.410. The molecule has 1 rings (SSSR count). The third-order valence-corrected chi connectivity index (χ3v) is 2.42. The Morgan fingerprint density at radius 2 is 2.00 bits per heavy atom. The average Bonchev–Trinajstić information content (AvgIpc) is 2.46. The molecule has 0 saturated heterocycles. The summed E-state index contributed by atoms with van der Waals surface area (Å²) in [6, 6.07) is 7.30. The lowest BCUT2D eigenvalue weighted by Crippen LogP contribution is -2.15. The molecule has 20 heavy (non-hydrogen) atoms. The van der Waals surface area contributed by atoms with Crippen LogP contribution in [-0.4, -0.2) is 32.3 Å². The molecule has 0 fully saturated rings. The first-order chi connectivity index (χ1) is 9.67. The molecule has 0 radical (unpaired) electrons. The molecule has 0 aliphatic rings. The second-order valence-electron chi connectivity index (χ2n) is 3.83. The van der Waals surface area contributed by atoms with Gasteiger partial charge in [0, 0.05) is 6.08 Å². The van der Waals surface area contributed by atoms with Crippen LogP contribution in [0.4, 0.5) is 0 Å². The van der Waals surface area contributed by atoms with Crippen molar-refractivity contribution >= 4 is 11.9 Å². The molecule has 0 heterocycles. The van der Waals surface area contributed by atoms with E-state index in [1.54, 1.807) is 19.1 Å². The van der Waals surface area contributed by atoms with Gasteiger partial charge in [-0.15, -0.1) is 0 Å². The minimum Gasteiger partial charge on any atom is -0.482 e. The molecule has 5 heteroatoms. The van der Waals surface area contributed by atoms with Gasteiger partial charge in [0.25, 0.3) is 0 Å². The molecule has 0 amide bonds. The van der Waals surface area contributed by atoms with Crippen molar-refractivity contribution in [2.75, 3.05) is 20.3 Å². The van der Waals surface area contributed by atoms with Crippen LogP contribution in [-0.2, 0) is 25.5 Å². The van der Waals surface area contributed by atoms with Crippen LogP contribution < -0.4 is 4.74 Å². The highest BCUT2D eigenvalue weighted by Gasteiger charge is 2.06. The predicted molar refractivity (Wildman–Crippen MR) is 73.4 cm³/mol. The summed E-state index contributed by atoms with van der Waals surface area (Å²) in [7, 11) is 1.32. The van der Waals surface area contributed by atoms with Crippen LogP contribution in [0.15, 0.2) is 36.4 Å². The summed E-state index contributed by atoms with van der Waals surface area (Å²) in [6.45, 7) is 1.93. The fraction of sp³-hybridized carbons (Fsp3) is 0.333. The van der Waals surface area contributed by atoms with Crippen LogP contribution in [0.5, 0.6) is 5.75 Å². The van der Waals surface area contributed by atoms with Gasteiger partial charge in [-0.05, 0) is 25.0 Å². The molecule has 0 N–H and O–H groups in total. The van der Waals surface area contributed by atoms with Gasteiger partial charge in [0.1, 0.15) is 5.75 Å². The Morgan fingerprint density at radius 1 is 1.25 bits per heavy atom. The van der Waals surface area contributed by atoms with Crippen molar-refractivity contribution in [2.45, 2.75) is 13.3 Å². The second kappa shape index (κ2) is 8.74. The zero-order valence-corrected chi connectivity index (χ0v) is 11.6. The maximum Gasteiger partial charge on any atom is 0.344 e. The molecule has 0 atom stereocenters. The van der Waals surface area contributed by atoms with Crippen molar-refractivity contribution in [1.82, 2.24) is 0 Å². The highest BCUT2D eigenvalue weighted by atomic mass is 16.6. The van der Waals surface area contributed by atoms with E-state index in [9.17, 15) is 9.59 Å². The predicted octanol–water partition coefficient (Wildman–Crippen LogP) is 1.90. The number of rotatable bonds is 7. The van der Waals surface area contributed by atoms with Crippen LogP contribution in [0, 0.1) is 0 Å². The third-order valence-electron chi connectivity index (χ3n) is 2.42. The molecule has 0 aliphatic carbocycles. The van der Waals surface area contributed by atoms with Gasteiger partial charge in [0.15, 0.2) is 6.61 Å². The Labute approximate surface area is 118 Å². The maximum atomic E-state index is 11.2. The number of benzene rings is 1. The number of para-hydroxylation sites is 1. The molecule has 0 bridgehead atoms. The number of carbonyl (C=O) groups is 2. The summed E-state index contributed by atoms with van der Waals surface area (Å²) in [4.78, 5) is 22.2. The summed E-state index contributed by atoms with van der Waals surface area (Å²) >= 11 is 0. The van der Waals surface area contributed by atoms with Crippen LogP contribution in [0.2, 0.25) is 0 Å². The molecule has 5 nitrogen and oxygen atoms in total. The van der Waals surface area contributed by atoms with E-state index in [2.05, 4.69) is 4.74 Å². The maximum absolute atomic E-state index is 11.2. The van der Waals surface area contributed by atoms with Gasteiger partial charge >= 0.3 is 11.9 Å². The summed E-state index contributed by atoms with van der Waals surface area (Å²) in [6.07, 6.45) is 3.54. The van der Waals surface area contributed by atoms with Crippen LogP contribution >= 0.6 is 0 Å². The lowest BCUT2D eigenvalue weighted by atomic mass is 10.1. The second-order valence-corrected chi connectivity index (χ2v) is 3.83. The molecule has 108 valence electrons. The Bertz CT molecular complexity index is 479. The number of hydrogen-bond donors (Lipinski definition) is 0. The minimum absolute atomic E-state index is 0.133. The van der Waals surface area contributed by atoms with Gasteiger partial charge in [-0.25, -0.2) is 9.59 Å². The van der Waals surface area contributed by atoms with Gasteiger partial charge in [0.2, 0.25) is 0 Å². The summed E-state index contributed by atoms with van der Waals surface area (Å²) in [5.74, 6) is -0.225. The third kappa shape index (κ3) is 5.56. The zero-order valence-electron chi connectivity index (χ0n) is 11.6. The SMILES string of the molecule is CCOC(=O)COc1ccccc1C/C=C/C(=O)OC. The van der Waals surface area contributed by atoms with Crippen molar-refractivity contribution in [3.63, 3.8) is 0 Å². The first-order valence-electron chi connectivity index (χ1n) is 6.28. The van der Waals surface area contributed by atoms with E-state index in [0.717, 1.165) is 5.56 Å². The molecule has 0 saturated carbocycles. The molecule has 1 aromatic carbocycles. The van der Waals surface area contributed by atoms with Gasteiger partial charge in [-0.3, -0.25) is 0 Å². The fourth-order valence-corrected chi connectivity index (χ4v) is 1.50. The van der Waals surface area contributed by atoms with Gasteiger partial charge in [-0.2, -0.15) is 0 Å².